The Balaban J connectivity index is 1.73. The van der Waals surface area contributed by atoms with Gasteiger partial charge in [-0.25, -0.2) is 0 Å². The molecule has 0 aliphatic carbocycles. The van der Waals surface area contributed by atoms with Crippen LogP contribution in [0.15, 0.2) is 0 Å². The summed E-state index contributed by atoms with van der Waals surface area (Å²) in [6.07, 6.45) is 1.51. The summed E-state index contributed by atoms with van der Waals surface area (Å²) in [5, 5.41) is 0. The van der Waals surface area contributed by atoms with Crippen LogP contribution in [0.1, 0.15) is 13.3 Å². The van der Waals surface area contributed by atoms with Crippen molar-refractivity contribution in [2.45, 2.75) is 19.4 Å². The van der Waals surface area contributed by atoms with Gasteiger partial charge in [-0.15, -0.1) is 0 Å². The van der Waals surface area contributed by atoms with E-state index in [1.165, 1.54) is 0 Å². The van der Waals surface area contributed by atoms with Gasteiger partial charge in [-0.2, -0.15) is 0 Å². The summed E-state index contributed by atoms with van der Waals surface area (Å²) in [7, 11) is 0. The SMILES string of the molecule is CCOCCOCC1CCO1. The molecule has 1 aliphatic rings. The minimum atomic E-state index is 0.358. The average Bonchev–Trinajstić information content (AvgIpc) is 1.93. The molecule has 3 heteroatoms. The van der Waals surface area contributed by atoms with Gasteiger partial charge in [0.05, 0.1) is 25.9 Å². The van der Waals surface area contributed by atoms with Crippen molar-refractivity contribution in [1.82, 2.24) is 0 Å². The third kappa shape index (κ3) is 3.70. The number of rotatable bonds is 6. The molecule has 0 aromatic rings. The van der Waals surface area contributed by atoms with Gasteiger partial charge in [0.2, 0.25) is 0 Å². The Bertz CT molecular complexity index is 91.3. The highest BCUT2D eigenvalue weighted by Gasteiger charge is 2.17. The van der Waals surface area contributed by atoms with Crippen molar-refractivity contribution < 1.29 is 14.2 Å². The lowest BCUT2D eigenvalue weighted by Crippen LogP contribution is -2.31. The second-order valence-electron chi connectivity index (χ2n) is 2.55. The fourth-order valence-electron chi connectivity index (χ4n) is 0.893. The monoisotopic (exact) mass is 160 g/mol. The predicted molar refractivity (Wildman–Crippen MR) is 41.7 cm³/mol. The predicted octanol–water partition coefficient (Wildman–Crippen LogP) is 0.828. The maximum atomic E-state index is 5.29. The van der Waals surface area contributed by atoms with Gasteiger partial charge in [0.15, 0.2) is 0 Å². The molecule has 1 fully saturated rings. The molecule has 0 aromatic heterocycles. The molecule has 1 rings (SSSR count). The first-order chi connectivity index (χ1) is 5.43. The summed E-state index contributed by atoms with van der Waals surface area (Å²) >= 11 is 0. The van der Waals surface area contributed by atoms with E-state index in [1.54, 1.807) is 0 Å². The second-order valence-corrected chi connectivity index (χ2v) is 2.55. The summed E-state index contributed by atoms with van der Waals surface area (Å²) in [5.41, 5.74) is 0. The molecule has 0 amide bonds. The highest BCUT2D eigenvalue weighted by Crippen LogP contribution is 2.10. The average molecular weight is 160 g/mol. The van der Waals surface area contributed by atoms with Crippen molar-refractivity contribution in [3.05, 3.63) is 0 Å². The Morgan fingerprint density at radius 1 is 1.36 bits per heavy atom. The molecule has 0 saturated carbocycles. The Morgan fingerprint density at radius 2 is 2.09 bits per heavy atom. The minimum Gasteiger partial charge on any atom is -0.379 e. The van der Waals surface area contributed by atoms with Gasteiger partial charge in [-0.3, -0.25) is 0 Å². The second kappa shape index (κ2) is 5.52. The minimum absolute atomic E-state index is 0.358. The lowest BCUT2D eigenvalue weighted by atomic mass is 10.2. The van der Waals surface area contributed by atoms with Crippen molar-refractivity contribution in [2.75, 3.05) is 33.0 Å². The third-order valence-electron chi connectivity index (χ3n) is 1.67. The summed E-state index contributed by atoms with van der Waals surface area (Å²) in [4.78, 5) is 0. The van der Waals surface area contributed by atoms with Crippen LogP contribution in [0.2, 0.25) is 0 Å². The molecule has 0 spiro atoms. The summed E-state index contributed by atoms with van der Waals surface area (Å²) in [6.45, 7) is 5.77. The van der Waals surface area contributed by atoms with Crippen molar-refractivity contribution in [3.8, 4) is 0 Å². The Kier molecular flexibility index (Phi) is 4.50. The molecular weight excluding hydrogens is 144 g/mol. The zero-order chi connectivity index (χ0) is 7.94. The Hall–Kier alpha value is -0.120. The van der Waals surface area contributed by atoms with Crippen LogP contribution in [-0.2, 0) is 14.2 Å². The Morgan fingerprint density at radius 3 is 2.64 bits per heavy atom. The van der Waals surface area contributed by atoms with Crippen LogP contribution in [0.5, 0.6) is 0 Å². The normalized spacial score (nSPS) is 23.2. The quantitative estimate of drug-likeness (QED) is 0.539. The van der Waals surface area contributed by atoms with E-state index in [1.807, 2.05) is 6.92 Å². The highest BCUT2D eigenvalue weighted by molar-refractivity contribution is 4.64. The molecule has 0 radical (unpaired) electrons. The highest BCUT2D eigenvalue weighted by atomic mass is 16.6. The largest absolute Gasteiger partial charge is 0.379 e. The molecule has 0 bridgehead atoms. The van der Waals surface area contributed by atoms with Crippen molar-refractivity contribution in [1.29, 1.82) is 0 Å². The molecule has 1 saturated heterocycles. The van der Waals surface area contributed by atoms with Gasteiger partial charge in [0.1, 0.15) is 0 Å². The van der Waals surface area contributed by atoms with Crippen LogP contribution in [0.3, 0.4) is 0 Å². The molecule has 1 aliphatic heterocycles. The van der Waals surface area contributed by atoms with Crippen LogP contribution in [0.25, 0.3) is 0 Å². The third-order valence-corrected chi connectivity index (χ3v) is 1.67. The van der Waals surface area contributed by atoms with Crippen LogP contribution in [-0.4, -0.2) is 39.1 Å². The zero-order valence-electron chi connectivity index (χ0n) is 7.04. The van der Waals surface area contributed by atoms with Gasteiger partial charge in [-0.05, 0) is 13.3 Å². The lowest BCUT2D eigenvalue weighted by Gasteiger charge is -2.25. The summed E-state index contributed by atoms with van der Waals surface area (Å²) in [5.74, 6) is 0. The standard InChI is InChI=1S/C8H16O3/c1-2-9-5-6-10-7-8-3-4-11-8/h8H,2-7H2,1H3. The maximum absolute atomic E-state index is 5.29. The van der Waals surface area contributed by atoms with E-state index in [9.17, 15) is 0 Å². The van der Waals surface area contributed by atoms with E-state index in [0.29, 0.717) is 19.3 Å². The number of ether oxygens (including phenoxy) is 3. The van der Waals surface area contributed by atoms with Crippen LogP contribution in [0, 0.1) is 0 Å². The van der Waals surface area contributed by atoms with Gasteiger partial charge in [0.25, 0.3) is 0 Å². The van der Waals surface area contributed by atoms with E-state index >= 15 is 0 Å². The molecule has 0 N–H and O–H groups in total. The molecule has 1 unspecified atom stereocenters. The number of hydrogen-bond acceptors (Lipinski definition) is 3. The molecule has 0 aromatic carbocycles. The van der Waals surface area contributed by atoms with E-state index < -0.39 is 0 Å². The van der Waals surface area contributed by atoms with E-state index in [4.69, 9.17) is 14.2 Å². The van der Waals surface area contributed by atoms with Crippen LogP contribution >= 0.6 is 0 Å². The van der Waals surface area contributed by atoms with Gasteiger partial charge < -0.3 is 14.2 Å². The molecule has 1 heterocycles. The van der Waals surface area contributed by atoms with E-state index in [0.717, 1.165) is 26.2 Å². The lowest BCUT2D eigenvalue weighted by molar-refractivity contribution is -0.0984. The molecule has 1 atom stereocenters. The van der Waals surface area contributed by atoms with E-state index in [-0.39, 0.29) is 0 Å². The smallest absolute Gasteiger partial charge is 0.0830 e. The molecule has 66 valence electrons. The first-order valence-corrected chi connectivity index (χ1v) is 4.20. The van der Waals surface area contributed by atoms with Gasteiger partial charge >= 0.3 is 0 Å². The van der Waals surface area contributed by atoms with Crippen molar-refractivity contribution in [3.63, 3.8) is 0 Å². The van der Waals surface area contributed by atoms with Crippen molar-refractivity contribution in [2.24, 2.45) is 0 Å². The number of hydrogen-bond donors (Lipinski definition) is 0. The maximum Gasteiger partial charge on any atom is 0.0830 e. The van der Waals surface area contributed by atoms with E-state index in [2.05, 4.69) is 0 Å². The topological polar surface area (TPSA) is 27.7 Å². The van der Waals surface area contributed by atoms with Gasteiger partial charge in [0, 0.05) is 13.2 Å². The Labute approximate surface area is 67.6 Å². The molecule has 11 heavy (non-hydrogen) atoms. The first-order valence-electron chi connectivity index (χ1n) is 4.20. The van der Waals surface area contributed by atoms with Crippen molar-refractivity contribution >= 4 is 0 Å². The fourth-order valence-corrected chi connectivity index (χ4v) is 0.893. The summed E-state index contributed by atoms with van der Waals surface area (Å²) < 4.78 is 15.6. The fraction of sp³-hybridized carbons (Fsp3) is 1.00. The summed E-state index contributed by atoms with van der Waals surface area (Å²) in [6, 6.07) is 0. The molecular formula is C8H16O3. The molecule has 3 nitrogen and oxygen atoms in total. The van der Waals surface area contributed by atoms with Crippen LogP contribution in [0.4, 0.5) is 0 Å². The van der Waals surface area contributed by atoms with Crippen LogP contribution < -0.4 is 0 Å². The zero-order valence-corrected chi connectivity index (χ0v) is 7.04. The van der Waals surface area contributed by atoms with Gasteiger partial charge in [-0.1, -0.05) is 0 Å². The first kappa shape index (κ1) is 8.97.